The van der Waals surface area contributed by atoms with Crippen molar-refractivity contribution in [3.05, 3.63) is 23.4 Å². The Balaban J connectivity index is 1.97. The summed E-state index contributed by atoms with van der Waals surface area (Å²) in [6, 6.07) is 0. The highest BCUT2D eigenvalue weighted by Crippen LogP contribution is 2.77. The lowest BCUT2D eigenvalue weighted by Crippen LogP contribution is -2.25. The van der Waals surface area contributed by atoms with Crippen LogP contribution in [0.2, 0.25) is 0 Å². The Morgan fingerprint density at radius 1 is 1.17 bits per heavy atom. The SMILES string of the molecule is C=C(C1C2C(=C(C)NC)C12)C(C)(C)CC(C)(C)C. The molecular weight excluding hydrogens is 218 g/mol. The van der Waals surface area contributed by atoms with Gasteiger partial charge in [-0.05, 0) is 47.5 Å². The third-order valence-electron chi connectivity index (χ3n) is 4.68. The fraction of sp³-hybridized carbons (Fsp3) is 0.765. The molecule has 1 N–H and O–H groups in total. The highest BCUT2D eigenvalue weighted by atomic mass is 14.9. The minimum atomic E-state index is 0.273. The first-order valence-corrected chi connectivity index (χ1v) is 7.18. The molecule has 18 heavy (non-hydrogen) atoms. The molecule has 0 spiro atoms. The summed E-state index contributed by atoms with van der Waals surface area (Å²) in [7, 11) is 2.02. The van der Waals surface area contributed by atoms with Crippen LogP contribution >= 0.6 is 0 Å². The summed E-state index contributed by atoms with van der Waals surface area (Å²) in [5.74, 6) is 2.45. The zero-order valence-corrected chi connectivity index (χ0v) is 13.1. The van der Waals surface area contributed by atoms with Crippen molar-refractivity contribution in [2.75, 3.05) is 7.05 Å². The number of allylic oxidation sites excluding steroid dienone is 3. The lowest BCUT2D eigenvalue weighted by molar-refractivity contribution is 0.240. The highest BCUT2D eigenvalue weighted by molar-refractivity contribution is 5.53. The first-order chi connectivity index (χ1) is 8.10. The second kappa shape index (κ2) is 3.88. The van der Waals surface area contributed by atoms with Gasteiger partial charge in [0.2, 0.25) is 0 Å². The smallest absolute Gasteiger partial charge is 0.00709 e. The van der Waals surface area contributed by atoms with Crippen molar-refractivity contribution in [1.29, 1.82) is 0 Å². The molecule has 2 rings (SSSR count). The van der Waals surface area contributed by atoms with Crippen LogP contribution in [-0.4, -0.2) is 7.05 Å². The van der Waals surface area contributed by atoms with Crippen LogP contribution in [0.25, 0.3) is 0 Å². The van der Waals surface area contributed by atoms with Gasteiger partial charge in [0.05, 0.1) is 0 Å². The van der Waals surface area contributed by atoms with E-state index in [9.17, 15) is 0 Å². The van der Waals surface area contributed by atoms with E-state index in [2.05, 4.69) is 53.4 Å². The van der Waals surface area contributed by atoms with Gasteiger partial charge in [-0.2, -0.15) is 0 Å². The molecule has 0 aliphatic heterocycles. The standard InChI is InChI=1S/C17H29N/c1-10(17(6,7)9-16(3,4)5)12-14-13(15(12)14)11(2)18-8/h12,14-15,18H,1,9H2,2-8H3. The molecule has 1 nitrogen and oxygen atoms in total. The van der Waals surface area contributed by atoms with E-state index < -0.39 is 0 Å². The van der Waals surface area contributed by atoms with Crippen molar-refractivity contribution in [2.45, 2.75) is 48.0 Å². The normalized spacial score (nSPS) is 29.7. The summed E-state index contributed by atoms with van der Waals surface area (Å²) in [5, 5.41) is 3.27. The van der Waals surface area contributed by atoms with Crippen LogP contribution in [0.5, 0.6) is 0 Å². The van der Waals surface area contributed by atoms with Crippen LogP contribution in [-0.2, 0) is 0 Å². The summed E-state index contributed by atoms with van der Waals surface area (Å²) in [6.07, 6.45) is 1.22. The van der Waals surface area contributed by atoms with Crippen molar-refractivity contribution < 1.29 is 0 Å². The van der Waals surface area contributed by atoms with E-state index in [0.29, 0.717) is 5.41 Å². The molecule has 0 radical (unpaired) electrons. The molecule has 0 heterocycles. The van der Waals surface area contributed by atoms with E-state index in [-0.39, 0.29) is 5.41 Å². The molecule has 0 aromatic rings. The van der Waals surface area contributed by atoms with Crippen LogP contribution in [0.4, 0.5) is 0 Å². The van der Waals surface area contributed by atoms with Gasteiger partial charge < -0.3 is 5.32 Å². The molecule has 0 bridgehead atoms. The maximum Gasteiger partial charge on any atom is 0.00709 e. The molecule has 0 aromatic carbocycles. The second-order valence-corrected chi connectivity index (χ2v) is 8.05. The van der Waals surface area contributed by atoms with E-state index in [4.69, 9.17) is 0 Å². The van der Waals surface area contributed by atoms with Crippen LogP contribution in [0.15, 0.2) is 23.4 Å². The van der Waals surface area contributed by atoms with Gasteiger partial charge in [-0.25, -0.2) is 0 Å². The maximum absolute atomic E-state index is 4.43. The Labute approximate surface area is 113 Å². The molecule has 0 aromatic heterocycles. The van der Waals surface area contributed by atoms with E-state index in [1.54, 1.807) is 5.57 Å². The van der Waals surface area contributed by atoms with Gasteiger partial charge in [-0.1, -0.05) is 46.8 Å². The number of rotatable bonds is 4. The molecule has 2 atom stereocenters. The first-order valence-electron chi connectivity index (χ1n) is 7.18. The quantitative estimate of drug-likeness (QED) is 0.727. The molecule has 0 saturated heterocycles. The van der Waals surface area contributed by atoms with E-state index in [0.717, 1.165) is 17.8 Å². The van der Waals surface area contributed by atoms with Gasteiger partial charge in [0.1, 0.15) is 0 Å². The largest absolute Gasteiger partial charge is 0.392 e. The van der Waals surface area contributed by atoms with Gasteiger partial charge in [-0.3, -0.25) is 0 Å². The number of fused-ring (bicyclic) bond motifs is 1. The lowest BCUT2D eigenvalue weighted by atomic mass is 9.70. The molecule has 2 aliphatic rings. The summed E-state index contributed by atoms with van der Waals surface area (Å²) < 4.78 is 0. The van der Waals surface area contributed by atoms with Gasteiger partial charge >= 0.3 is 0 Å². The van der Waals surface area contributed by atoms with E-state index in [1.807, 2.05) is 7.05 Å². The lowest BCUT2D eigenvalue weighted by Gasteiger charge is -2.35. The summed E-state index contributed by atoms with van der Waals surface area (Å²) in [4.78, 5) is 0. The van der Waals surface area contributed by atoms with Crippen molar-refractivity contribution in [3.63, 3.8) is 0 Å². The Morgan fingerprint density at radius 2 is 1.67 bits per heavy atom. The van der Waals surface area contributed by atoms with Crippen molar-refractivity contribution >= 4 is 0 Å². The molecule has 0 amide bonds. The molecular formula is C17H29N. The van der Waals surface area contributed by atoms with Crippen molar-refractivity contribution in [2.24, 2.45) is 28.6 Å². The average molecular weight is 247 g/mol. The average Bonchev–Trinajstić information content (AvgIpc) is 3.01. The highest BCUT2D eigenvalue weighted by Gasteiger charge is 2.71. The van der Waals surface area contributed by atoms with Crippen molar-refractivity contribution in [3.8, 4) is 0 Å². The molecule has 2 unspecified atom stereocenters. The fourth-order valence-corrected chi connectivity index (χ4v) is 3.85. The van der Waals surface area contributed by atoms with Crippen LogP contribution in [0.3, 0.4) is 0 Å². The minimum Gasteiger partial charge on any atom is -0.392 e. The number of nitrogens with one attached hydrogen (secondary N) is 1. The molecule has 2 fully saturated rings. The Hall–Kier alpha value is -0.720. The minimum absolute atomic E-state index is 0.273. The van der Waals surface area contributed by atoms with Crippen molar-refractivity contribution in [1.82, 2.24) is 5.32 Å². The predicted octanol–water partition coefficient (Wildman–Crippen LogP) is 4.37. The molecule has 2 aliphatic carbocycles. The molecule has 2 saturated carbocycles. The zero-order chi connectivity index (χ0) is 13.9. The summed E-state index contributed by atoms with van der Waals surface area (Å²) in [6.45, 7) is 18.3. The molecule has 1 heteroatoms. The maximum atomic E-state index is 4.43. The third kappa shape index (κ3) is 2.24. The van der Waals surface area contributed by atoms with Crippen LogP contribution < -0.4 is 5.32 Å². The summed E-state index contributed by atoms with van der Waals surface area (Å²) >= 11 is 0. The molecule has 102 valence electrons. The van der Waals surface area contributed by atoms with E-state index in [1.165, 1.54) is 17.7 Å². The Kier molecular flexibility index (Phi) is 2.96. The second-order valence-electron chi connectivity index (χ2n) is 8.05. The summed E-state index contributed by atoms with van der Waals surface area (Å²) in [5.41, 5.74) is 5.19. The Bertz CT molecular complexity index is 394. The number of hydrogen-bond donors (Lipinski definition) is 1. The number of hydrogen-bond acceptors (Lipinski definition) is 1. The first kappa shape index (κ1) is 13.7. The van der Waals surface area contributed by atoms with Gasteiger partial charge in [0.25, 0.3) is 0 Å². The van der Waals surface area contributed by atoms with Gasteiger partial charge in [0, 0.05) is 12.7 Å². The van der Waals surface area contributed by atoms with E-state index >= 15 is 0 Å². The zero-order valence-electron chi connectivity index (χ0n) is 13.1. The van der Waals surface area contributed by atoms with Crippen LogP contribution in [0, 0.1) is 28.6 Å². The third-order valence-corrected chi connectivity index (χ3v) is 4.68. The topological polar surface area (TPSA) is 12.0 Å². The van der Waals surface area contributed by atoms with Gasteiger partial charge in [-0.15, -0.1) is 0 Å². The van der Waals surface area contributed by atoms with Crippen LogP contribution in [0.1, 0.15) is 48.0 Å². The monoisotopic (exact) mass is 247 g/mol. The Morgan fingerprint density at radius 3 is 2.06 bits per heavy atom. The van der Waals surface area contributed by atoms with Gasteiger partial charge in [0.15, 0.2) is 0 Å². The predicted molar refractivity (Wildman–Crippen MR) is 79.2 cm³/mol. The fourth-order valence-electron chi connectivity index (χ4n) is 3.85.